The predicted molar refractivity (Wildman–Crippen MR) is 76.2 cm³/mol. The lowest BCUT2D eigenvalue weighted by atomic mass is 10.2. The molecule has 2 heterocycles. The zero-order valence-electron chi connectivity index (χ0n) is 12.3. The first-order chi connectivity index (χ1) is 10.1. The molecule has 7 nitrogen and oxygen atoms in total. The maximum Gasteiger partial charge on any atom is 0.251 e. The number of hydrogen-bond acceptors (Lipinski definition) is 4. The average Bonchev–Trinajstić information content (AvgIpc) is 2.88. The summed E-state index contributed by atoms with van der Waals surface area (Å²) in [7, 11) is 0. The van der Waals surface area contributed by atoms with Gasteiger partial charge in [0.25, 0.3) is 5.91 Å². The minimum atomic E-state index is -0.973. The van der Waals surface area contributed by atoms with E-state index in [1.807, 2.05) is 17.7 Å². The highest BCUT2D eigenvalue weighted by Crippen LogP contribution is 2.11. The number of aliphatic hydroxyl groups is 1. The van der Waals surface area contributed by atoms with Gasteiger partial charge in [0.1, 0.15) is 11.9 Å². The summed E-state index contributed by atoms with van der Waals surface area (Å²) in [4.78, 5) is 29.4. The Balaban J connectivity index is 1.85. The molecule has 0 bridgehead atoms. The number of hydrogen-bond donors (Lipinski definition) is 2. The Morgan fingerprint density at radius 1 is 1.52 bits per heavy atom. The van der Waals surface area contributed by atoms with E-state index < -0.39 is 6.10 Å². The molecule has 116 valence electrons. The number of aryl methyl sites for hydroxylation is 1. The van der Waals surface area contributed by atoms with Crippen LogP contribution in [0.5, 0.6) is 0 Å². The quantitative estimate of drug-likeness (QED) is 0.793. The predicted octanol–water partition coefficient (Wildman–Crippen LogP) is -0.107. The van der Waals surface area contributed by atoms with Crippen molar-refractivity contribution in [2.75, 3.05) is 13.1 Å². The molecule has 0 aliphatic carbocycles. The van der Waals surface area contributed by atoms with Gasteiger partial charge in [0.2, 0.25) is 5.91 Å². The number of amides is 2. The molecule has 1 aliphatic rings. The summed E-state index contributed by atoms with van der Waals surface area (Å²) < 4.78 is 1.95. The Morgan fingerprint density at radius 2 is 2.33 bits per heavy atom. The van der Waals surface area contributed by atoms with Crippen LogP contribution in [0.25, 0.3) is 0 Å². The first-order valence-corrected chi connectivity index (χ1v) is 7.35. The maximum absolute atomic E-state index is 11.9. The largest absolute Gasteiger partial charge is 0.383 e. The minimum absolute atomic E-state index is 0.0112. The highest BCUT2D eigenvalue weighted by atomic mass is 16.3. The van der Waals surface area contributed by atoms with Crippen LogP contribution in [0.1, 0.15) is 32.0 Å². The molecule has 1 fully saturated rings. The molecule has 2 amide bonds. The molecule has 0 spiro atoms. The number of carbonyl (C=O) groups is 2. The summed E-state index contributed by atoms with van der Waals surface area (Å²) in [6.45, 7) is 3.65. The molecular formula is C14H22N4O3. The van der Waals surface area contributed by atoms with Gasteiger partial charge in [0, 0.05) is 25.5 Å². The van der Waals surface area contributed by atoms with Crippen molar-refractivity contribution in [3.05, 3.63) is 18.2 Å². The van der Waals surface area contributed by atoms with E-state index >= 15 is 0 Å². The molecule has 2 rings (SSSR count). The second-order valence-electron chi connectivity index (χ2n) is 5.18. The summed E-state index contributed by atoms with van der Waals surface area (Å²) >= 11 is 0. The summed E-state index contributed by atoms with van der Waals surface area (Å²) in [5, 5.41) is 12.4. The van der Waals surface area contributed by atoms with E-state index in [0.717, 1.165) is 25.2 Å². The van der Waals surface area contributed by atoms with Gasteiger partial charge in [0.15, 0.2) is 0 Å². The van der Waals surface area contributed by atoms with Gasteiger partial charge in [-0.3, -0.25) is 9.59 Å². The third kappa shape index (κ3) is 4.04. The Morgan fingerprint density at radius 3 is 3.10 bits per heavy atom. The lowest BCUT2D eigenvalue weighted by Crippen LogP contribution is -2.44. The number of likely N-dealkylation sites (tertiary alicyclic amines) is 1. The van der Waals surface area contributed by atoms with E-state index in [1.54, 1.807) is 6.20 Å². The van der Waals surface area contributed by atoms with Crippen LogP contribution in [-0.4, -0.2) is 50.6 Å². The van der Waals surface area contributed by atoms with Crippen LogP contribution in [0.3, 0.4) is 0 Å². The number of rotatable bonds is 5. The van der Waals surface area contributed by atoms with Gasteiger partial charge in [-0.05, 0) is 26.2 Å². The second-order valence-corrected chi connectivity index (χ2v) is 5.18. The van der Waals surface area contributed by atoms with E-state index in [-0.39, 0.29) is 18.4 Å². The monoisotopic (exact) mass is 294 g/mol. The third-order valence-electron chi connectivity index (χ3n) is 3.67. The lowest BCUT2D eigenvalue weighted by Gasteiger charge is -2.21. The molecule has 1 aromatic heterocycles. The van der Waals surface area contributed by atoms with Crippen LogP contribution in [0.4, 0.5) is 0 Å². The molecule has 21 heavy (non-hydrogen) atoms. The Hall–Kier alpha value is -1.89. The van der Waals surface area contributed by atoms with Crippen molar-refractivity contribution in [1.29, 1.82) is 0 Å². The van der Waals surface area contributed by atoms with Crippen molar-refractivity contribution < 1.29 is 14.7 Å². The van der Waals surface area contributed by atoms with E-state index in [2.05, 4.69) is 10.3 Å². The zero-order chi connectivity index (χ0) is 15.2. The molecule has 2 N–H and O–H groups in total. The molecule has 0 aromatic carbocycles. The summed E-state index contributed by atoms with van der Waals surface area (Å²) in [5.41, 5.74) is 0. The zero-order valence-corrected chi connectivity index (χ0v) is 12.3. The molecule has 1 unspecified atom stereocenters. The van der Waals surface area contributed by atoms with Crippen molar-refractivity contribution in [3.8, 4) is 0 Å². The van der Waals surface area contributed by atoms with E-state index in [0.29, 0.717) is 19.5 Å². The second kappa shape index (κ2) is 7.21. The number of aliphatic hydroxyl groups excluding tert-OH is 1. The number of carbonyl (C=O) groups excluding carboxylic acids is 2. The molecular weight excluding hydrogens is 272 g/mol. The number of aromatic nitrogens is 2. The highest BCUT2D eigenvalue weighted by molar-refractivity contribution is 5.87. The fourth-order valence-corrected chi connectivity index (χ4v) is 2.44. The first kappa shape index (κ1) is 15.5. The molecule has 0 saturated carbocycles. The lowest BCUT2D eigenvalue weighted by molar-refractivity contribution is -0.142. The van der Waals surface area contributed by atoms with Crippen LogP contribution < -0.4 is 5.32 Å². The van der Waals surface area contributed by atoms with Crippen LogP contribution in [0.2, 0.25) is 0 Å². The van der Waals surface area contributed by atoms with Crippen LogP contribution in [-0.2, 0) is 22.7 Å². The third-order valence-corrected chi connectivity index (χ3v) is 3.67. The molecule has 1 aromatic rings. The van der Waals surface area contributed by atoms with Crippen molar-refractivity contribution in [2.45, 2.75) is 45.4 Å². The summed E-state index contributed by atoms with van der Waals surface area (Å²) in [6.07, 6.45) is 4.68. The van der Waals surface area contributed by atoms with Crippen LogP contribution >= 0.6 is 0 Å². The van der Waals surface area contributed by atoms with Crippen molar-refractivity contribution in [2.24, 2.45) is 0 Å². The fraction of sp³-hybridized carbons (Fsp3) is 0.643. The topological polar surface area (TPSA) is 87.5 Å². The normalized spacial score (nSPS) is 19.4. The van der Waals surface area contributed by atoms with Crippen molar-refractivity contribution >= 4 is 11.8 Å². The Labute approximate surface area is 124 Å². The SMILES string of the molecule is CCn1ccnc1CNC(=O)CN1CCCCC(O)C1=O. The van der Waals surface area contributed by atoms with Gasteiger partial charge in [-0.2, -0.15) is 0 Å². The first-order valence-electron chi connectivity index (χ1n) is 7.35. The van der Waals surface area contributed by atoms with Crippen LogP contribution in [0.15, 0.2) is 12.4 Å². The average molecular weight is 294 g/mol. The number of nitrogens with one attached hydrogen (secondary N) is 1. The van der Waals surface area contributed by atoms with Gasteiger partial charge < -0.3 is 19.9 Å². The summed E-state index contributed by atoms with van der Waals surface area (Å²) in [5.74, 6) is 0.203. The number of nitrogens with zero attached hydrogens (tertiary/aromatic N) is 3. The maximum atomic E-state index is 11.9. The van der Waals surface area contributed by atoms with Gasteiger partial charge in [-0.1, -0.05) is 0 Å². The van der Waals surface area contributed by atoms with Crippen LogP contribution in [0, 0.1) is 0 Å². The highest BCUT2D eigenvalue weighted by Gasteiger charge is 2.26. The van der Waals surface area contributed by atoms with Gasteiger partial charge in [-0.15, -0.1) is 0 Å². The Kier molecular flexibility index (Phi) is 5.32. The summed E-state index contributed by atoms with van der Waals surface area (Å²) in [6, 6.07) is 0. The minimum Gasteiger partial charge on any atom is -0.383 e. The smallest absolute Gasteiger partial charge is 0.251 e. The molecule has 1 saturated heterocycles. The molecule has 7 heteroatoms. The van der Waals surface area contributed by atoms with E-state index in [1.165, 1.54) is 4.90 Å². The van der Waals surface area contributed by atoms with Gasteiger partial charge in [0.05, 0.1) is 13.1 Å². The van der Waals surface area contributed by atoms with Gasteiger partial charge >= 0.3 is 0 Å². The van der Waals surface area contributed by atoms with Crippen molar-refractivity contribution in [3.63, 3.8) is 0 Å². The molecule has 0 radical (unpaired) electrons. The van der Waals surface area contributed by atoms with E-state index in [9.17, 15) is 14.7 Å². The standard InChI is InChI=1S/C14H22N4O3/c1-2-17-8-6-15-12(17)9-16-13(20)10-18-7-4-3-5-11(19)14(18)21/h6,8,11,19H,2-5,7,9-10H2,1H3,(H,16,20). The molecule has 1 aliphatic heterocycles. The Bertz CT molecular complexity index is 500. The fourth-order valence-electron chi connectivity index (χ4n) is 2.44. The number of imidazole rings is 1. The molecule has 1 atom stereocenters. The van der Waals surface area contributed by atoms with Gasteiger partial charge in [-0.25, -0.2) is 4.98 Å². The van der Waals surface area contributed by atoms with Crippen molar-refractivity contribution in [1.82, 2.24) is 19.8 Å². The van der Waals surface area contributed by atoms with E-state index in [4.69, 9.17) is 0 Å².